The number of unbranched alkanes of at least 4 members (excludes halogenated alkanes) is 1. The van der Waals surface area contributed by atoms with Crippen LogP contribution in [0.3, 0.4) is 0 Å². The van der Waals surface area contributed by atoms with E-state index in [1.165, 1.54) is 12.8 Å². The summed E-state index contributed by atoms with van der Waals surface area (Å²) < 4.78 is 0. The molecule has 0 fully saturated rings. The average molecular weight is 248 g/mol. The van der Waals surface area contributed by atoms with Crippen LogP contribution in [0.5, 0.6) is 0 Å². The molecule has 0 aliphatic carbocycles. The molecule has 1 aromatic rings. The fourth-order valence-corrected chi connectivity index (χ4v) is 1.79. The number of carbonyl (C=O) groups excluding carboxylic acids is 1. The molecule has 0 aliphatic rings. The second-order valence-electron chi connectivity index (χ2n) is 4.70. The number of nitrogens with zero attached hydrogens (tertiary/aromatic N) is 2. The summed E-state index contributed by atoms with van der Waals surface area (Å²) in [5.41, 5.74) is 0.957. The lowest BCUT2D eigenvalue weighted by atomic mass is 10.2. The van der Waals surface area contributed by atoms with Gasteiger partial charge in [-0.2, -0.15) is 0 Å². The first kappa shape index (κ1) is 14.7. The van der Waals surface area contributed by atoms with Gasteiger partial charge in [0.05, 0.1) is 0 Å². The lowest BCUT2D eigenvalue weighted by Gasteiger charge is -2.20. The summed E-state index contributed by atoms with van der Waals surface area (Å²) in [6, 6.07) is 9.77. The van der Waals surface area contributed by atoms with Gasteiger partial charge in [0.15, 0.2) is 0 Å². The van der Waals surface area contributed by atoms with Gasteiger partial charge in [0, 0.05) is 25.7 Å². The molecule has 0 radical (unpaired) electrons. The van der Waals surface area contributed by atoms with E-state index >= 15 is 0 Å². The molecule has 0 atom stereocenters. The monoisotopic (exact) mass is 248 g/mol. The Morgan fingerprint density at radius 3 is 2.39 bits per heavy atom. The molecule has 0 N–H and O–H groups in total. The Hall–Kier alpha value is -1.35. The third-order valence-corrected chi connectivity index (χ3v) is 3.12. The van der Waals surface area contributed by atoms with Gasteiger partial charge in [0.2, 0.25) is 5.91 Å². The number of carbonyl (C=O) groups is 1. The minimum Gasteiger partial charge on any atom is -0.315 e. The molecular formula is C15H24N2O. The zero-order valence-corrected chi connectivity index (χ0v) is 11.7. The number of anilines is 1. The molecule has 0 aromatic heterocycles. The fraction of sp³-hybridized carbons (Fsp3) is 0.533. The van der Waals surface area contributed by atoms with Crippen LogP contribution in [0.1, 0.15) is 26.2 Å². The van der Waals surface area contributed by atoms with E-state index in [1.54, 1.807) is 4.90 Å². The molecular weight excluding hydrogens is 224 g/mol. The Morgan fingerprint density at radius 2 is 1.78 bits per heavy atom. The van der Waals surface area contributed by atoms with Crippen molar-refractivity contribution in [2.75, 3.05) is 32.1 Å². The Kier molecular flexibility index (Phi) is 6.44. The lowest BCUT2D eigenvalue weighted by molar-refractivity contribution is -0.118. The second kappa shape index (κ2) is 7.88. The van der Waals surface area contributed by atoms with Crippen LogP contribution in [0, 0.1) is 0 Å². The molecule has 0 saturated heterocycles. The van der Waals surface area contributed by atoms with Gasteiger partial charge in [-0.15, -0.1) is 0 Å². The summed E-state index contributed by atoms with van der Waals surface area (Å²) in [5, 5.41) is 0. The number of hydrogen-bond donors (Lipinski definition) is 0. The molecule has 0 aliphatic heterocycles. The van der Waals surface area contributed by atoms with E-state index in [-0.39, 0.29) is 5.91 Å². The Bertz CT molecular complexity index is 351. The van der Waals surface area contributed by atoms with Crippen LogP contribution in [0.25, 0.3) is 0 Å². The maximum Gasteiger partial charge on any atom is 0.228 e. The lowest BCUT2D eigenvalue weighted by Crippen LogP contribution is -2.30. The van der Waals surface area contributed by atoms with Gasteiger partial charge in [-0.25, -0.2) is 0 Å². The van der Waals surface area contributed by atoms with Gasteiger partial charge in [0.25, 0.3) is 0 Å². The minimum absolute atomic E-state index is 0.171. The number of amides is 1. The predicted octanol–water partition coefficient (Wildman–Crippen LogP) is 2.77. The normalized spacial score (nSPS) is 10.7. The SMILES string of the molecule is CCCCN(C)CCC(=O)N(C)c1ccccc1. The Morgan fingerprint density at radius 1 is 1.11 bits per heavy atom. The molecule has 0 heterocycles. The molecule has 1 aromatic carbocycles. The van der Waals surface area contributed by atoms with Gasteiger partial charge in [-0.3, -0.25) is 4.79 Å². The van der Waals surface area contributed by atoms with Crippen molar-refractivity contribution in [3.05, 3.63) is 30.3 Å². The third-order valence-electron chi connectivity index (χ3n) is 3.12. The third kappa shape index (κ3) is 4.88. The molecule has 0 bridgehead atoms. The highest BCUT2D eigenvalue weighted by molar-refractivity contribution is 5.92. The molecule has 3 nitrogen and oxygen atoms in total. The van der Waals surface area contributed by atoms with Crippen molar-refractivity contribution in [2.24, 2.45) is 0 Å². The summed E-state index contributed by atoms with van der Waals surface area (Å²) in [4.78, 5) is 16.0. The standard InChI is InChI=1S/C15H24N2O/c1-4-5-12-16(2)13-11-15(18)17(3)14-9-7-6-8-10-14/h6-10H,4-5,11-13H2,1-3H3. The van der Waals surface area contributed by atoms with Crippen LogP contribution in [-0.2, 0) is 4.79 Å². The van der Waals surface area contributed by atoms with Crippen molar-refractivity contribution in [1.29, 1.82) is 0 Å². The predicted molar refractivity (Wildman–Crippen MR) is 76.9 cm³/mol. The van der Waals surface area contributed by atoms with E-state index in [9.17, 15) is 4.79 Å². The van der Waals surface area contributed by atoms with E-state index in [4.69, 9.17) is 0 Å². The molecule has 0 spiro atoms. The molecule has 0 saturated carbocycles. The Balaban J connectivity index is 2.37. The topological polar surface area (TPSA) is 23.6 Å². The van der Waals surface area contributed by atoms with Gasteiger partial charge in [-0.1, -0.05) is 31.5 Å². The Labute approximate surface area is 110 Å². The highest BCUT2D eigenvalue weighted by Gasteiger charge is 2.11. The first-order valence-electron chi connectivity index (χ1n) is 6.65. The van der Waals surface area contributed by atoms with E-state index < -0.39 is 0 Å². The maximum atomic E-state index is 12.0. The molecule has 18 heavy (non-hydrogen) atoms. The molecule has 1 amide bonds. The van der Waals surface area contributed by atoms with Crippen molar-refractivity contribution in [1.82, 2.24) is 4.90 Å². The fourth-order valence-electron chi connectivity index (χ4n) is 1.79. The maximum absolute atomic E-state index is 12.0. The number of benzene rings is 1. The van der Waals surface area contributed by atoms with Gasteiger partial charge < -0.3 is 9.80 Å². The highest BCUT2D eigenvalue weighted by Crippen LogP contribution is 2.12. The van der Waals surface area contributed by atoms with Crippen molar-refractivity contribution in [2.45, 2.75) is 26.2 Å². The smallest absolute Gasteiger partial charge is 0.228 e. The summed E-state index contributed by atoms with van der Waals surface area (Å²) in [5.74, 6) is 0.171. The molecule has 3 heteroatoms. The quantitative estimate of drug-likeness (QED) is 0.741. The van der Waals surface area contributed by atoms with Crippen LogP contribution in [-0.4, -0.2) is 38.0 Å². The van der Waals surface area contributed by atoms with Crippen molar-refractivity contribution >= 4 is 11.6 Å². The van der Waals surface area contributed by atoms with E-state index in [2.05, 4.69) is 18.9 Å². The van der Waals surface area contributed by atoms with Gasteiger partial charge in [-0.05, 0) is 32.1 Å². The van der Waals surface area contributed by atoms with E-state index in [0.29, 0.717) is 6.42 Å². The van der Waals surface area contributed by atoms with Gasteiger partial charge >= 0.3 is 0 Å². The van der Waals surface area contributed by atoms with Crippen LogP contribution in [0.2, 0.25) is 0 Å². The number of hydrogen-bond acceptors (Lipinski definition) is 2. The van der Waals surface area contributed by atoms with Crippen LogP contribution < -0.4 is 4.90 Å². The first-order valence-corrected chi connectivity index (χ1v) is 6.65. The zero-order chi connectivity index (χ0) is 13.4. The van der Waals surface area contributed by atoms with E-state index in [1.807, 2.05) is 37.4 Å². The van der Waals surface area contributed by atoms with Crippen LogP contribution in [0.15, 0.2) is 30.3 Å². The highest BCUT2D eigenvalue weighted by atomic mass is 16.2. The van der Waals surface area contributed by atoms with Crippen molar-refractivity contribution in [3.8, 4) is 0 Å². The molecule has 100 valence electrons. The molecule has 1 rings (SSSR count). The number of rotatable bonds is 7. The van der Waals surface area contributed by atoms with Gasteiger partial charge in [0.1, 0.15) is 0 Å². The van der Waals surface area contributed by atoms with Crippen LogP contribution in [0.4, 0.5) is 5.69 Å². The van der Waals surface area contributed by atoms with Crippen molar-refractivity contribution in [3.63, 3.8) is 0 Å². The second-order valence-corrected chi connectivity index (χ2v) is 4.70. The average Bonchev–Trinajstić information content (AvgIpc) is 2.42. The summed E-state index contributed by atoms with van der Waals surface area (Å²) >= 11 is 0. The summed E-state index contributed by atoms with van der Waals surface area (Å²) in [7, 11) is 3.91. The first-order chi connectivity index (χ1) is 8.65. The molecule has 0 unspecified atom stereocenters. The minimum atomic E-state index is 0.171. The summed E-state index contributed by atoms with van der Waals surface area (Å²) in [6.07, 6.45) is 2.97. The number of para-hydroxylation sites is 1. The van der Waals surface area contributed by atoms with Crippen molar-refractivity contribution < 1.29 is 4.79 Å². The largest absolute Gasteiger partial charge is 0.315 e. The summed E-state index contributed by atoms with van der Waals surface area (Å²) in [6.45, 7) is 4.08. The van der Waals surface area contributed by atoms with E-state index in [0.717, 1.165) is 18.8 Å². The zero-order valence-electron chi connectivity index (χ0n) is 11.7. The van der Waals surface area contributed by atoms with Crippen LogP contribution >= 0.6 is 0 Å².